The number of rotatable bonds is 6. The van der Waals surface area contributed by atoms with E-state index < -0.39 is 15.9 Å². The first-order valence-corrected chi connectivity index (χ1v) is 12.2. The minimum atomic E-state index is -3.78. The summed E-state index contributed by atoms with van der Waals surface area (Å²) in [7, 11) is -3.78. The van der Waals surface area contributed by atoms with Gasteiger partial charge in [0.05, 0.1) is 5.02 Å². The van der Waals surface area contributed by atoms with Crippen LogP contribution >= 0.6 is 11.6 Å². The number of halogens is 1. The van der Waals surface area contributed by atoms with Crippen molar-refractivity contribution in [2.24, 2.45) is 0 Å². The Labute approximate surface area is 186 Å². The van der Waals surface area contributed by atoms with E-state index in [4.69, 9.17) is 11.6 Å². The van der Waals surface area contributed by atoms with Gasteiger partial charge in [-0.2, -0.15) is 4.31 Å². The molecule has 2 amide bonds. The number of nitrogens with zero attached hydrogens (tertiary/aromatic N) is 1. The Balaban J connectivity index is 1.53. The van der Waals surface area contributed by atoms with Crippen LogP contribution in [0, 0.1) is 0 Å². The highest BCUT2D eigenvalue weighted by Crippen LogP contribution is 2.28. The third-order valence-electron chi connectivity index (χ3n) is 5.42. The molecule has 2 aliphatic rings. The van der Waals surface area contributed by atoms with Crippen LogP contribution < -0.4 is 10.6 Å². The number of piperidine rings is 1. The Morgan fingerprint density at radius 1 is 0.935 bits per heavy atom. The molecule has 1 heterocycles. The fourth-order valence-corrected chi connectivity index (χ4v) is 5.54. The van der Waals surface area contributed by atoms with Crippen molar-refractivity contribution in [1.29, 1.82) is 0 Å². The minimum absolute atomic E-state index is 0.0683. The second-order valence-electron chi connectivity index (χ2n) is 7.89. The van der Waals surface area contributed by atoms with Gasteiger partial charge in [0.25, 0.3) is 11.8 Å². The van der Waals surface area contributed by atoms with Crippen molar-refractivity contribution in [2.75, 3.05) is 18.4 Å². The smallest absolute Gasteiger partial charge is 0.255 e. The van der Waals surface area contributed by atoms with E-state index in [-0.39, 0.29) is 27.4 Å². The van der Waals surface area contributed by atoms with Crippen molar-refractivity contribution in [1.82, 2.24) is 9.62 Å². The van der Waals surface area contributed by atoms with E-state index in [1.54, 1.807) is 24.3 Å². The summed E-state index contributed by atoms with van der Waals surface area (Å²) in [6, 6.07) is 11.1. The largest absolute Gasteiger partial charge is 0.349 e. The number of hydrogen-bond donors (Lipinski definition) is 2. The third-order valence-corrected chi connectivity index (χ3v) is 7.80. The number of anilines is 1. The zero-order valence-corrected chi connectivity index (χ0v) is 18.5. The number of carbonyl (C=O) groups is 2. The maximum absolute atomic E-state index is 13.0. The van der Waals surface area contributed by atoms with Gasteiger partial charge >= 0.3 is 0 Å². The molecule has 0 spiro atoms. The van der Waals surface area contributed by atoms with Crippen LogP contribution in [0.2, 0.25) is 5.02 Å². The molecule has 2 N–H and O–H groups in total. The van der Waals surface area contributed by atoms with Gasteiger partial charge in [-0.1, -0.05) is 24.1 Å². The van der Waals surface area contributed by atoms with Gasteiger partial charge < -0.3 is 10.6 Å². The topological polar surface area (TPSA) is 95.6 Å². The van der Waals surface area contributed by atoms with Crippen LogP contribution in [-0.4, -0.2) is 43.7 Å². The van der Waals surface area contributed by atoms with Crippen molar-refractivity contribution in [3.05, 3.63) is 58.6 Å². The second kappa shape index (κ2) is 8.98. The molecule has 0 bridgehead atoms. The molecule has 0 atom stereocenters. The lowest BCUT2D eigenvalue weighted by molar-refractivity contribution is 0.0949. The summed E-state index contributed by atoms with van der Waals surface area (Å²) in [5, 5.41) is 5.72. The fourth-order valence-electron chi connectivity index (χ4n) is 3.52. The average Bonchev–Trinajstić information content (AvgIpc) is 3.58. The van der Waals surface area contributed by atoms with Crippen LogP contribution in [-0.2, 0) is 10.0 Å². The molecule has 9 heteroatoms. The molecule has 31 heavy (non-hydrogen) atoms. The lowest BCUT2D eigenvalue weighted by atomic mass is 10.1. The maximum Gasteiger partial charge on any atom is 0.255 e. The van der Waals surface area contributed by atoms with E-state index in [0.29, 0.717) is 24.3 Å². The van der Waals surface area contributed by atoms with E-state index in [9.17, 15) is 18.0 Å². The predicted octanol–water partition coefficient (Wildman–Crippen LogP) is 3.66. The Bertz CT molecular complexity index is 1110. The Kier molecular flexibility index (Phi) is 6.31. The van der Waals surface area contributed by atoms with Crippen LogP contribution in [0.3, 0.4) is 0 Å². The summed E-state index contributed by atoms with van der Waals surface area (Å²) in [4.78, 5) is 25.0. The van der Waals surface area contributed by atoms with E-state index in [2.05, 4.69) is 10.6 Å². The number of hydrogen-bond acceptors (Lipinski definition) is 4. The highest BCUT2D eigenvalue weighted by molar-refractivity contribution is 7.89. The molecule has 0 unspecified atom stereocenters. The van der Waals surface area contributed by atoms with Crippen molar-refractivity contribution in [2.45, 2.75) is 43.0 Å². The van der Waals surface area contributed by atoms with Gasteiger partial charge in [-0.3, -0.25) is 9.59 Å². The first-order chi connectivity index (χ1) is 14.8. The van der Waals surface area contributed by atoms with Gasteiger partial charge in [0.2, 0.25) is 10.0 Å². The first kappa shape index (κ1) is 21.8. The molecule has 0 aromatic heterocycles. The molecule has 7 nitrogen and oxygen atoms in total. The van der Waals surface area contributed by atoms with E-state index in [0.717, 1.165) is 32.1 Å². The first-order valence-electron chi connectivity index (χ1n) is 10.4. The van der Waals surface area contributed by atoms with E-state index in [1.165, 1.54) is 22.5 Å². The summed E-state index contributed by atoms with van der Waals surface area (Å²) in [5.74, 6) is -0.661. The molecular formula is C22H24ClN3O4S. The molecule has 1 saturated heterocycles. The van der Waals surface area contributed by atoms with Gasteiger partial charge in [-0.15, -0.1) is 0 Å². The molecule has 1 aliphatic carbocycles. The number of amides is 2. The molecule has 2 aromatic rings. The number of sulfonamides is 1. The molecule has 1 saturated carbocycles. The number of nitrogens with one attached hydrogen (secondary N) is 2. The van der Waals surface area contributed by atoms with Crippen molar-refractivity contribution in [3.8, 4) is 0 Å². The SMILES string of the molecule is O=C(Nc1cccc(C(=O)NC2CC2)c1)c1ccc(Cl)c(S(=O)(=O)N2CCCCC2)c1. The number of carbonyl (C=O) groups excluding carboxylic acids is 2. The highest BCUT2D eigenvalue weighted by atomic mass is 35.5. The predicted molar refractivity (Wildman–Crippen MR) is 119 cm³/mol. The lowest BCUT2D eigenvalue weighted by Crippen LogP contribution is -2.35. The molecule has 164 valence electrons. The normalized spacial score (nSPS) is 17.2. The fraction of sp³-hybridized carbons (Fsp3) is 0.364. The van der Waals surface area contributed by atoms with Crippen LogP contribution in [0.15, 0.2) is 47.4 Å². The van der Waals surface area contributed by atoms with Crippen molar-refractivity contribution >= 4 is 39.1 Å². The number of benzene rings is 2. The van der Waals surface area contributed by atoms with Gasteiger partial charge in [0.15, 0.2) is 0 Å². The van der Waals surface area contributed by atoms with Gasteiger partial charge in [0.1, 0.15) is 4.90 Å². The standard InChI is InChI=1S/C22H24ClN3O4S/c23-19-10-7-16(14-20(19)31(29,30)26-11-2-1-3-12-26)22(28)25-18-6-4-5-15(13-18)21(27)24-17-8-9-17/h4-7,10,13-14,17H,1-3,8-9,11-12H2,(H,24,27)(H,25,28). The molecule has 2 aromatic carbocycles. The molecule has 0 radical (unpaired) electrons. The average molecular weight is 462 g/mol. The summed E-state index contributed by atoms with van der Waals surface area (Å²) in [5.41, 5.74) is 1.07. The highest BCUT2D eigenvalue weighted by Gasteiger charge is 2.29. The lowest BCUT2D eigenvalue weighted by Gasteiger charge is -2.26. The third kappa shape index (κ3) is 5.08. The summed E-state index contributed by atoms with van der Waals surface area (Å²) in [6.45, 7) is 0.898. The zero-order valence-electron chi connectivity index (χ0n) is 16.9. The van der Waals surface area contributed by atoms with Crippen molar-refractivity contribution < 1.29 is 18.0 Å². The van der Waals surface area contributed by atoms with E-state index >= 15 is 0 Å². The minimum Gasteiger partial charge on any atom is -0.349 e. The van der Waals surface area contributed by atoms with Gasteiger partial charge in [-0.25, -0.2) is 8.42 Å². The zero-order chi connectivity index (χ0) is 22.0. The summed E-state index contributed by atoms with van der Waals surface area (Å²) in [6.07, 6.45) is 4.59. The van der Waals surface area contributed by atoms with Crippen LogP contribution in [0.4, 0.5) is 5.69 Å². The second-order valence-corrected chi connectivity index (χ2v) is 10.2. The molecular weight excluding hydrogens is 438 g/mol. The summed E-state index contributed by atoms with van der Waals surface area (Å²) < 4.78 is 27.5. The summed E-state index contributed by atoms with van der Waals surface area (Å²) >= 11 is 6.19. The van der Waals surface area contributed by atoms with Crippen LogP contribution in [0.1, 0.15) is 52.8 Å². The molecule has 4 rings (SSSR count). The molecule has 2 fully saturated rings. The van der Waals surface area contributed by atoms with Gasteiger partial charge in [0, 0.05) is 35.9 Å². The van der Waals surface area contributed by atoms with Gasteiger partial charge in [-0.05, 0) is 62.1 Å². The van der Waals surface area contributed by atoms with Crippen molar-refractivity contribution in [3.63, 3.8) is 0 Å². The quantitative estimate of drug-likeness (QED) is 0.686. The Hall–Kier alpha value is -2.42. The maximum atomic E-state index is 13.0. The van der Waals surface area contributed by atoms with Crippen LogP contribution in [0.5, 0.6) is 0 Å². The monoisotopic (exact) mass is 461 g/mol. The Morgan fingerprint density at radius 3 is 2.35 bits per heavy atom. The van der Waals surface area contributed by atoms with Crippen LogP contribution in [0.25, 0.3) is 0 Å². The van der Waals surface area contributed by atoms with E-state index in [1.807, 2.05) is 0 Å². The Morgan fingerprint density at radius 2 is 1.65 bits per heavy atom. The molecule has 1 aliphatic heterocycles.